The van der Waals surface area contributed by atoms with Crippen LogP contribution < -0.4 is 40.0 Å². The van der Waals surface area contributed by atoms with Gasteiger partial charge in [-0.25, -0.2) is 0 Å². The van der Waals surface area contributed by atoms with Gasteiger partial charge in [0.05, 0.1) is 12.0 Å². The average Bonchev–Trinajstić information content (AvgIpc) is 2.08. The smallest absolute Gasteiger partial charge is 0.548 e. The van der Waals surface area contributed by atoms with Gasteiger partial charge in [-0.15, -0.1) is 11.8 Å². The number of carbonyl (C=O) groups excluding carboxylic acids is 1. The van der Waals surface area contributed by atoms with Crippen molar-refractivity contribution in [2.75, 3.05) is 5.88 Å². The second kappa shape index (κ2) is 8.93. The Labute approximate surface area is 109 Å². The second-order valence-corrected chi connectivity index (χ2v) is 4.48. The molecule has 0 amide bonds. The van der Waals surface area contributed by atoms with Crippen molar-refractivity contribution in [2.24, 2.45) is 0 Å². The predicted molar refractivity (Wildman–Crippen MR) is 49.3 cm³/mol. The Bertz CT molecular complexity index is 168. The van der Waals surface area contributed by atoms with E-state index in [9.17, 15) is 9.90 Å². The Balaban J connectivity index is -0.000000125. The van der Waals surface area contributed by atoms with Crippen molar-refractivity contribution in [1.29, 1.82) is 0 Å². The zero-order valence-electron chi connectivity index (χ0n) is 8.51. The molecule has 0 radical (unpaired) electrons. The van der Waals surface area contributed by atoms with E-state index in [1.54, 1.807) is 11.8 Å². The Morgan fingerprint density at radius 1 is 1.43 bits per heavy atom. The number of aliphatic carboxylic acids is 1. The van der Waals surface area contributed by atoms with Gasteiger partial charge in [0.15, 0.2) is 0 Å². The molecule has 0 saturated carbocycles. The number of hydrogen-bond donors (Lipinski definition) is 1. The van der Waals surface area contributed by atoms with Crippen LogP contribution in [0.4, 0.5) is 0 Å². The van der Waals surface area contributed by atoms with Crippen molar-refractivity contribution in [3.63, 3.8) is 0 Å². The Kier molecular flexibility index (Phi) is 15.4. The fourth-order valence-electron chi connectivity index (χ4n) is 1.01. The monoisotopic (exact) mass is 237 g/mol. The second-order valence-electron chi connectivity index (χ2n) is 2.85. The summed E-state index contributed by atoms with van der Waals surface area (Å²) < 4.78 is -0.223. The van der Waals surface area contributed by atoms with E-state index in [2.05, 4.69) is 5.32 Å². The molecule has 82 valence electrons. The minimum Gasteiger partial charge on any atom is -0.548 e. The Morgan fingerprint density at radius 2 is 1.86 bits per heavy atom. The van der Waals surface area contributed by atoms with Gasteiger partial charge in [0.2, 0.25) is 0 Å². The van der Waals surface area contributed by atoms with Crippen molar-refractivity contribution >= 4 is 17.7 Å². The van der Waals surface area contributed by atoms with Gasteiger partial charge < -0.3 is 26.3 Å². The van der Waals surface area contributed by atoms with Crippen LogP contribution in [-0.4, -0.2) is 39.1 Å². The maximum absolute atomic E-state index is 10.4. The molecule has 6 nitrogen and oxygen atoms in total. The van der Waals surface area contributed by atoms with Gasteiger partial charge in [0, 0.05) is 10.6 Å². The summed E-state index contributed by atoms with van der Waals surface area (Å²) in [4.78, 5) is 10.4. The van der Waals surface area contributed by atoms with Crippen LogP contribution in [0.5, 0.6) is 0 Å². The van der Waals surface area contributed by atoms with Crippen LogP contribution in [0.2, 0.25) is 0 Å². The molecule has 0 aromatic heterocycles. The first-order valence-electron chi connectivity index (χ1n) is 3.12. The predicted octanol–water partition coefficient (Wildman–Crippen LogP) is -6.29. The van der Waals surface area contributed by atoms with E-state index < -0.39 is 12.0 Å². The summed E-state index contributed by atoms with van der Waals surface area (Å²) in [5.74, 6) is -0.305. The quantitative estimate of drug-likeness (QED) is 0.451. The molecule has 1 aliphatic rings. The Hall–Kier alpha value is 0.660. The number of carboxylic acids is 1. The summed E-state index contributed by atoms with van der Waals surface area (Å²) in [6.07, 6.45) is 0. The van der Waals surface area contributed by atoms with Crippen molar-refractivity contribution in [3.8, 4) is 0 Å². The minimum absolute atomic E-state index is 0. The van der Waals surface area contributed by atoms with Gasteiger partial charge in [-0.05, 0) is 13.8 Å². The summed E-state index contributed by atoms with van der Waals surface area (Å²) >= 11 is 1.60. The maximum atomic E-state index is 10.4. The molecule has 0 aliphatic carbocycles. The first kappa shape index (κ1) is 24.1. The van der Waals surface area contributed by atoms with Crippen molar-refractivity contribution in [1.82, 2.24) is 5.32 Å². The zero-order valence-corrected chi connectivity index (χ0v) is 11.3. The van der Waals surface area contributed by atoms with Crippen LogP contribution in [0, 0.1) is 0 Å². The molecular weight excluding hydrogens is 221 g/mol. The van der Waals surface area contributed by atoms with Crippen LogP contribution in [0.1, 0.15) is 13.8 Å². The largest absolute Gasteiger partial charge is 1.00 e. The molecule has 7 N–H and O–H groups in total. The molecule has 1 atom stereocenters. The standard InChI is InChI=1S/C6H11NO2S.Na.3H2O/c1-6(2)4(5(8)9)7-3-10-6;;;;/h4,7H,3H2,1-2H3,(H,8,9);;3*1H2/q;+1;;;/p-1/t4-;;;;/m1..../s1. The fraction of sp³-hybridized carbons (Fsp3) is 0.833. The van der Waals surface area contributed by atoms with Gasteiger partial charge in [0.25, 0.3) is 0 Å². The molecule has 1 rings (SSSR count). The van der Waals surface area contributed by atoms with Crippen molar-refractivity contribution in [2.45, 2.75) is 24.6 Å². The van der Waals surface area contributed by atoms with Gasteiger partial charge in [0.1, 0.15) is 0 Å². The van der Waals surface area contributed by atoms with E-state index >= 15 is 0 Å². The van der Waals surface area contributed by atoms with E-state index in [-0.39, 0.29) is 50.7 Å². The summed E-state index contributed by atoms with van der Waals surface area (Å²) in [7, 11) is 0. The van der Waals surface area contributed by atoms with Crippen LogP contribution in [0.3, 0.4) is 0 Å². The molecule has 1 aliphatic heterocycles. The average molecular weight is 237 g/mol. The normalized spacial score (nSPS) is 21.7. The maximum Gasteiger partial charge on any atom is 1.00 e. The third-order valence-electron chi connectivity index (χ3n) is 1.66. The molecule has 14 heavy (non-hydrogen) atoms. The topological polar surface area (TPSA) is 147 Å². The van der Waals surface area contributed by atoms with E-state index in [1.165, 1.54) is 0 Å². The summed E-state index contributed by atoms with van der Waals surface area (Å²) in [5.41, 5.74) is 0. The summed E-state index contributed by atoms with van der Waals surface area (Å²) in [6, 6.07) is -0.502. The van der Waals surface area contributed by atoms with Crippen LogP contribution >= 0.6 is 11.8 Å². The molecule has 0 unspecified atom stereocenters. The third kappa shape index (κ3) is 5.52. The summed E-state index contributed by atoms with van der Waals surface area (Å²) in [6.45, 7) is 3.80. The molecule has 0 aromatic carbocycles. The Morgan fingerprint density at radius 3 is 2.00 bits per heavy atom. The minimum atomic E-state index is -1.00. The molecular formula is C6H16NNaO5S. The fourth-order valence-corrected chi connectivity index (χ4v) is 1.98. The van der Waals surface area contributed by atoms with Gasteiger partial charge >= 0.3 is 29.6 Å². The van der Waals surface area contributed by atoms with E-state index in [1.807, 2.05) is 13.8 Å². The van der Waals surface area contributed by atoms with Crippen LogP contribution in [-0.2, 0) is 4.79 Å². The molecule has 8 heteroatoms. The van der Waals surface area contributed by atoms with Gasteiger partial charge in [-0.3, -0.25) is 5.32 Å². The number of carboxylic acid groups (broad SMARTS) is 1. The number of nitrogens with one attached hydrogen (secondary N) is 1. The molecule has 1 fully saturated rings. The molecule has 0 bridgehead atoms. The number of thioether (sulfide) groups is 1. The zero-order chi connectivity index (χ0) is 7.78. The molecule has 0 spiro atoms. The summed E-state index contributed by atoms with van der Waals surface area (Å²) in [5, 5.41) is 13.3. The van der Waals surface area contributed by atoms with E-state index in [0.29, 0.717) is 5.88 Å². The third-order valence-corrected chi connectivity index (χ3v) is 2.95. The van der Waals surface area contributed by atoms with Crippen molar-refractivity contribution in [3.05, 3.63) is 0 Å². The molecule has 0 aromatic rings. The first-order valence-corrected chi connectivity index (χ1v) is 4.11. The van der Waals surface area contributed by atoms with E-state index in [4.69, 9.17) is 0 Å². The molecule has 1 heterocycles. The number of carbonyl (C=O) groups is 1. The first-order chi connectivity index (χ1) is 4.54. The van der Waals surface area contributed by atoms with Gasteiger partial charge in [-0.2, -0.15) is 0 Å². The molecule has 1 saturated heterocycles. The SMILES string of the molecule is CC1(C)SCN[C@@H]1C(=O)[O-].O.O.O.[Na+]. The van der Waals surface area contributed by atoms with Crippen LogP contribution in [0.15, 0.2) is 0 Å². The number of rotatable bonds is 1. The number of hydrogen-bond acceptors (Lipinski definition) is 4. The van der Waals surface area contributed by atoms with Gasteiger partial charge in [-0.1, -0.05) is 0 Å². The van der Waals surface area contributed by atoms with Crippen molar-refractivity contribution < 1.29 is 55.9 Å². The van der Waals surface area contributed by atoms with Crippen LogP contribution in [0.25, 0.3) is 0 Å². The van der Waals surface area contributed by atoms with E-state index in [0.717, 1.165) is 0 Å².